The van der Waals surface area contributed by atoms with E-state index in [9.17, 15) is 0 Å². The predicted molar refractivity (Wildman–Crippen MR) is 76.9 cm³/mol. The Morgan fingerprint density at radius 3 is 2.74 bits per heavy atom. The van der Waals surface area contributed by atoms with Gasteiger partial charge in [-0.05, 0) is 24.3 Å². The Hall–Kier alpha value is -1.95. The second-order valence-electron chi connectivity index (χ2n) is 3.98. The van der Waals surface area contributed by atoms with Crippen LogP contribution < -0.4 is 10.5 Å². The lowest BCUT2D eigenvalue weighted by Gasteiger charge is -2.06. The van der Waals surface area contributed by atoms with Crippen LogP contribution in [0.5, 0.6) is 5.75 Å². The number of aromatic nitrogens is 2. The summed E-state index contributed by atoms with van der Waals surface area (Å²) in [5, 5.41) is 11.4. The summed E-state index contributed by atoms with van der Waals surface area (Å²) >= 11 is 1.71. The van der Waals surface area contributed by atoms with E-state index in [0.29, 0.717) is 12.2 Å². The lowest BCUT2D eigenvalue weighted by atomic mass is 10.2. The molecule has 0 radical (unpaired) electrons. The fourth-order valence-electron chi connectivity index (χ4n) is 1.52. The molecule has 100 valence electrons. The maximum absolute atomic E-state index is 7.30. The van der Waals surface area contributed by atoms with Gasteiger partial charge in [-0.2, -0.15) is 5.10 Å². The largest absolute Gasteiger partial charge is 0.493 e. The maximum Gasteiger partial charge on any atom is 0.122 e. The number of nitrogen functional groups attached to an aromatic ring is 1. The van der Waals surface area contributed by atoms with Gasteiger partial charge in [0.15, 0.2) is 0 Å². The van der Waals surface area contributed by atoms with Crippen molar-refractivity contribution in [2.75, 3.05) is 12.4 Å². The molecule has 0 aliphatic rings. The van der Waals surface area contributed by atoms with Gasteiger partial charge in [-0.1, -0.05) is 0 Å². The first kappa shape index (κ1) is 13.5. The second-order valence-corrected chi connectivity index (χ2v) is 5.15. The normalized spacial score (nSPS) is 10.4. The van der Waals surface area contributed by atoms with Crippen LogP contribution in [0.2, 0.25) is 0 Å². The van der Waals surface area contributed by atoms with Crippen LogP contribution in [0.15, 0.2) is 41.6 Å². The van der Waals surface area contributed by atoms with E-state index in [0.717, 1.165) is 16.4 Å². The number of ether oxygens (including phenoxy) is 1. The summed E-state index contributed by atoms with van der Waals surface area (Å²) in [4.78, 5) is 1.14. The summed E-state index contributed by atoms with van der Waals surface area (Å²) in [7, 11) is 1.90. The fraction of sp³-hybridized carbons (Fsp3) is 0.231. The van der Waals surface area contributed by atoms with E-state index in [-0.39, 0.29) is 5.84 Å². The van der Waals surface area contributed by atoms with Crippen molar-refractivity contribution < 1.29 is 4.74 Å². The average molecular weight is 276 g/mol. The van der Waals surface area contributed by atoms with Gasteiger partial charge in [-0.25, -0.2) is 0 Å². The highest BCUT2D eigenvalue weighted by atomic mass is 32.2. The number of rotatable bonds is 6. The Bertz CT molecular complexity index is 550. The van der Waals surface area contributed by atoms with Gasteiger partial charge >= 0.3 is 0 Å². The van der Waals surface area contributed by atoms with E-state index in [1.54, 1.807) is 28.6 Å². The number of nitrogens with one attached hydrogen (secondary N) is 1. The smallest absolute Gasteiger partial charge is 0.122 e. The summed E-state index contributed by atoms with van der Waals surface area (Å²) in [6.07, 6.45) is 3.82. The number of aryl methyl sites for hydroxylation is 1. The second kappa shape index (κ2) is 6.29. The van der Waals surface area contributed by atoms with Gasteiger partial charge in [0.2, 0.25) is 0 Å². The standard InChI is InChI=1S/C13H16N4OS/c1-17-9-12(8-16-17)19-7-6-18-11-4-2-10(3-5-11)13(14)15/h2-5,8-9H,6-7H2,1H3,(H3,14,15). The zero-order valence-electron chi connectivity index (χ0n) is 10.7. The molecule has 2 aromatic rings. The molecule has 5 nitrogen and oxygen atoms in total. The molecule has 2 rings (SSSR count). The van der Waals surface area contributed by atoms with Gasteiger partial charge in [0.05, 0.1) is 12.8 Å². The first-order valence-electron chi connectivity index (χ1n) is 5.84. The third-order valence-electron chi connectivity index (χ3n) is 2.47. The molecule has 19 heavy (non-hydrogen) atoms. The van der Waals surface area contributed by atoms with E-state index in [1.807, 2.05) is 31.6 Å². The van der Waals surface area contributed by atoms with E-state index >= 15 is 0 Å². The minimum atomic E-state index is 0.0682. The molecular formula is C13H16N4OS. The average Bonchev–Trinajstić information content (AvgIpc) is 2.81. The number of nitrogens with two attached hydrogens (primary N) is 1. The van der Waals surface area contributed by atoms with Crippen molar-refractivity contribution >= 4 is 17.6 Å². The molecule has 0 spiro atoms. The molecule has 0 atom stereocenters. The third-order valence-corrected chi connectivity index (χ3v) is 3.38. The summed E-state index contributed by atoms with van der Waals surface area (Å²) in [5.41, 5.74) is 6.09. The Morgan fingerprint density at radius 1 is 1.42 bits per heavy atom. The SMILES string of the molecule is Cn1cc(SCCOc2ccc(C(=N)N)cc2)cn1. The monoisotopic (exact) mass is 276 g/mol. The zero-order chi connectivity index (χ0) is 13.7. The number of thioether (sulfide) groups is 1. The number of nitrogens with zero attached hydrogens (tertiary/aromatic N) is 2. The van der Waals surface area contributed by atoms with Crippen molar-refractivity contribution in [1.29, 1.82) is 5.41 Å². The molecule has 0 bridgehead atoms. The van der Waals surface area contributed by atoms with Crippen LogP contribution in [0.1, 0.15) is 5.56 Å². The van der Waals surface area contributed by atoms with Crippen LogP contribution in [0.3, 0.4) is 0 Å². The quantitative estimate of drug-likeness (QED) is 0.365. The molecule has 0 unspecified atom stereocenters. The van der Waals surface area contributed by atoms with Crippen LogP contribution >= 0.6 is 11.8 Å². The number of hydrogen-bond acceptors (Lipinski definition) is 4. The van der Waals surface area contributed by atoms with Gasteiger partial charge in [0.25, 0.3) is 0 Å². The highest BCUT2D eigenvalue weighted by molar-refractivity contribution is 7.99. The fourth-order valence-corrected chi connectivity index (χ4v) is 2.27. The highest BCUT2D eigenvalue weighted by Gasteiger charge is 1.99. The van der Waals surface area contributed by atoms with Gasteiger partial charge in [-0.3, -0.25) is 10.1 Å². The molecular weight excluding hydrogens is 260 g/mol. The zero-order valence-corrected chi connectivity index (χ0v) is 11.5. The molecule has 0 saturated heterocycles. The molecule has 1 heterocycles. The Morgan fingerprint density at radius 2 is 2.16 bits per heavy atom. The molecule has 1 aromatic heterocycles. The molecule has 3 N–H and O–H groups in total. The van der Waals surface area contributed by atoms with Gasteiger partial charge in [0.1, 0.15) is 11.6 Å². The first-order valence-corrected chi connectivity index (χ1v) is 6.82. The number of benzene rings is 1. The molecule has 0 aliphatic heterocycles. The van der Waals surface area contributed by atoms with Gasteiger partial charge in [-0.15, -0.1) is 11.8 Å². The maximum atomic E-state index is 7.30. The van der Waals surface area contributed by atoms with Crippen molar-refractivity contribution in [3.8, 4) is 5.75 Å². The van der Waals surface area contributed by atoms with Crippen molar-refractivity contribution in [2.24, 2.45) is 12.8 Å². The molecule has 0 amide bonds. The van der Waals surface area contributed by atoms with Gasteiger partial charge < -0.3 is 10.5 Å². The Kier molecular flexibility index (Phi) is 4.46. The lowest BCUT2D eigenvalue weighted by Crippen LogP contribution is -2.10. The summed E-state index contributed by atoms with van der Waals surface area (Å²) in [5.74, 6) is 1.72. The number of hydrogen-bond donors (Lipinski definition) is 2. The van der Waals surface area contributed by atoms with E-state index < -0.39 is 0 Å². The topological polar surface area (TPSA) is 76.9 Å². The molecule has 0 fully saturated rings. The van der Waals surface area contributed by atoms with Crippen LogP contribution in [0.25, 0.3) is 0 Å². The van der Waals surface area contributed by atoms with Crippen molar-refractivity contribution in [2.45, 2.75) is 4.90 Å². The van der Waals surface area contributed by atoms with Crippen LogP contribution in [0, 0.1) is 5.41 Å². The Balaban J connectivity index is 1.75. The Labute approximate surface area is 116 Å². The van der Waals surface area contributed by atoms with Gasteiger partial charge in [0, 0.05) is 29.5 Å². The summed E-state index contributed by atoms with van der Waals surface area (Å²) < 4.78 is 7.39. The predicted octanol–water partition coefficient (Wildman–Crippen LogP) is 1.88. The lowest BCUT2D eigenvalue weighted by molar-refractivity contribution is 0.344. The minimum absolute atomic E-state index is 0.0682. The molecule has 1 aromatic carbocycles. The number of amidine groups is 1. The first-order chi connectivity index (χ1) is 9.15. The molecule has 6 heteroatoms. The van der Waals surface area contributed by atoms with E-state index in [1.165, 1.54) is 0 Å². The molecule has 0 aliphatic carbocycles. The van der Waals surface area contributed by atoms with Crippen molar-refractivity contribution in [3.63, 3.8) is 0 Å². The van der Waals surface area contributed by atoms with Crippen molar-refractivity contribution in [1.82, 2.24) is 9.78 Å². The van der Waals surface area contributed by atoms with Crippen LogP contribution in [0.4, 0.5) is 0 Å². The minimum Gasteiger partial charge on any atom is -0.493 e. The highest BCUT2D eigenvalue weighted by Crippen LogP contribution is 2.17. The van der Waals surface area contributed by atoms with Crippen molar-refractivity contribution in [3.05, 3.63) is 42.2 Å². The third kappa shape index (κ3) is 4.03. The molecule has 0 saturated carbocycles. The van der Waals surface area contributed by atoms with Crippen LogP contribution in [-0.4, -0.2) is 28.0 Å². The summed E-state index contributed by atoms with van der Waals surface area (Å²) in [6.45, 7) is 0.624. The van der Waals surface area contributed by atoms with E-state index in [4.69, 9.17) is 15.9 Å². The summed E-state index contributed by atoms with van der Waals surface area (Å²) in [6, 6.07) is 7.22. The van der Waals surface area contributed by atoms with E-state index in [2.05, 4.69) is 5.10 Å². The van der Waals surface area contributed by atoms with Crippen LogP contribution in [-0.2, 0) is 7.05 Å².